The first-order chi connectivity index (χ1) is 7.24. The fraction of sp³-hybridized carbons (Fsp3) is 0.600. The minimum absolute atomic E-state index is 0.271. The Morgan fingerprint density at radius 1 is 1.73 bits per heavy atom. The fourth-order valence-electron chi connectivity index (χ4n) is 1.78. The average molecular weight is 209 g/mol. The molecule has 1 aromatic heterocycles. The predicted molar refractivity (Wildman–Crippen MR) is 54.8 cm³/mol. The largest absolute Gasteiger partial charge is 0.462 e. The quantitative estimate of drug-likeness (QED) is 0.727. The van der Waals surface area contributed by atoms with Gasteiger partial charge in [0, 0.05) is 26.1 Å². The van der Waals surface area contributed by atoms with Crippen molar-refractivity contribution >= 4 is 5.97 Å². The van der Waals surface area contributed by atoms with Crippen molar-refractivity contribution in [2.24, 2.45) is 7.05 Å². The first-order valence-electron chi connectivity index (χ1n) is 5.13. The van der Waals surface area contributed by atoms with Crippen molar-refractivity contribution in [3.05, 3.63) is 17.5 Å². The van der Waals surface area contributed by atoms with Crippen molar-refractivity contribution in [3.63, 3.8) is 0 Å². The minimum Gasteiger partial charge on any atom is -0.462 e. The summed E-state index contributed by atoms with van der Waals surface area (Å²) in [6.07, 6.45) is 1.59. The molecule has 1 aromatic rings. The number of carbonyl (C=O) groups excluding carboxylic acids is 1. The molecule has 0 amide bonds. The molecule has 0 atom stereocenters. The first-order valence-corrected chi connectivity index (χ1v) is 5.13. The second kappa shape index (κ2) is 4.02. The Bertz CT molecular complexity index is 369. The summed E-state index contributed by atoms with van der Waals surface area (Å²) in [5.74, 6) is 0.115. The Morgan fingerprint density at radius 2 is 2.47 bits per heavy atom. The van der Waals surface area contributed by atoms with Crippen molar-refractivity contribution in [2.45, 2.75) is 12.8 Å². The zero-order chi connectivity index (χ0) is 10.8. The zero-order valence-corrected chi connectivity index (χ0v) is 8.99. The van der Waals surface area contributed by atoms with Crippen LogP contribution in [-0.2, 0) is 11.8 Å². The number of nitrogens with zero attached hydrogens (tertiary/aromatic N) is 2. The fourth-order valence-corrected chi connectivity index (χ4v) is 1.78. The van der Waals surface area contributed by atoms with Crippen LogP contribution in [-0.4, -0.2) is 35.4 Å². The Hall–Kier alpha value is -1.36. The predicted octanol–water partition coefficient (Wildman–Crippen LogP) is 0.284. The molecule has 0 spiro atoms. The number of esters is 1. The van der Waals surface area contributed by atoms with Crippen molar-refractivity contribution < 1.29 is 9.53 Å². The highest BCUT2D eigenvalue weighted by Gasteiger charge is 2.28. The van der Waals surface area contributed by atoms with E-state index in [1.807, 2.05) is 7.05 Å². The molecule has 1 N–H and O–H groups in total. The van der Waals surface area contributed by atoms with Crippen LogP contribution in [0.4, 0.5) is 0 Å². The van der Waals surface area contributed by atoms with E-state index in [0.29, 0.717) is 18.1 Å². The third-order valence-corrected chi connectivity index (χ3v) is 2.65. The van der Waals surface area contributed by atoms with Crippen molar-refractivity contribution in [1.29, 1.82) is 0 Å². The molecule has 0 aliphatic carbocycles. The summed E-state index contributed by atoms with van der Waals surface area (Å²) in [5, 5.41) is 7.29. The van der Waals surface area contributed by atoms with Gasteiger partial charge in [0.05, 0.1) is 18.5 Å². The average Bonchev–Trinajstić information content (AvgIpc) is 2.47. The van der Waals surface area contributed by atoms with Gasteiger partial charge in [0.2, 0.25) is 0 Å². The summed E-state index contributed by atoms with van der Waals surface area (Å²) in [6.45, 7) is 4.02. The Kier molecular flexibility index (Phi) is 2.73. The number of nitrogens with one attached hydrogen (secondary N) is 1. The number of ether oxygens (including phenoxy) is 1. The van der Waals surface area contributed by atoms with E-state index in [4.69, 9.17) is 4.74 Å². The van der Waals surface area contributed by atoms with Crippen LogP contribution in [0, 0.1) is 0 Å². The van der Waals surface area contributed by atoms with E-state index in [2.05, 4.69) is 10.4 Å². The van der Waals surface area contributed by atoms with Gasteiger partial charge >= 0.3 is 5.97 Å². The summed E-state index contributed by atoms with van der Waals surface area (Å²) in [5.41, 5.74) is 1.58. The molecule has 5 heteroatoms. The molecule has 1 saturated heterocycles. The highest BCUT2D eigenvalue weighted by atomic mass is 16.5. The maximum atomic E-state index is 11.6. The lowest BCUT2D eigenvalue weighted by molar-refractivity contribution is 0.0523. The van der Waals surface area contributed by atoms with Gasteiger partial charge < -0.3 is 10.1 Å². The van der Waals surface area contributed by atoms with Crippen molar-refractivity contribution in [1.82, 2.24) is 15.1 Å². The lowest BCUT2D eigenvalue weighted by atomic mass is 9.96. The molecule has 0 unspecified atom stereocenters. The summed E-state index contributed by atoms with van der Waals surface area (Å²) in [4.78, 5) is 11.6. The second-order valence-corrected chi connectivity index (χ2v) is 3.64. The maximum absolute atomic E-state index is 11.6. The standard InChI is InChI=1S/C10H15N3O2/c1-3-15-10(14)8-6-12-13(2)9(8)7-4-11-5-7/h6-7,11H,3-5H2,1-2H3. The highest BCUT2D eigenvalue weighted by molar-refractivity contribution is 5.90. The van der Waals surface area contributed by atoms with E-state index >= 15 is 0 Å². The van der Waals surface area contributed by atoms with E-state index in [0.717, 1.165) is 18.8 Å². The molecule has 5 nitrogen and oxygen atoms in total. The van der Waals surface area contributed by atoms with E-state index in [1.54, 1.807) is 17.8 Å². The minimum atomic E-state index is -0.271. The van der Waals surface area contributed by atoms with Gasteiger partial charge in [-0.1, -0.05) is 0 Å². The number of hydrogen-bond donors (Lipinski definition) is 1. The highest BCUT2D eigenvalue weighted by Crippen LogP contribution is 2.23. The molecule has 2 rings (SSSR count). The first kappa shape index (κ1) is 10.2. The Balaban J connectivity index is 2.26. The van der Waals surface area contributed by atoms with Crippen LogP contribution in [0.3, 0.4) is 0 Å². The normalized spacial score (nSPS) is 16.1. The van der Waals surface area contributed by atoms with Crippen molar-refractivity contribution in [3.8, 4) is 0 Å². The Labute approximate surface area is 88.4 Å². The van der Waals surface area contributed by atoms with E-state index in [-0.39, 0.29) is 5.97 Å². The monoisotopic (exact) mass is 209 g/mol. The summed E-state index contributed by atoms with van der Waals surface area (Å²) in [6, 6.07) is 0. The van der Waals surface area contributed by atoms with Crippen LogP contribution >= 0.6 is 0 Å². The van der Waals surface area contributed by atoms with Gasteiger partial charge in [0.1, 0.15) is 5.56 Å². The molecule has 15 heavy (non-hydrogen) atoms. The van der Waals surface area contributed by atoms with Gasteiger partial charge in [-0.15, -0.1) is 0 Å². The number of aromatic nitrogens is 2. The van der Waals surface area contributed by atoms with E-state index in [9.17, 15) is 4.79 Å². The molecule has 0 bridgehead atoms. The van der Waals surface area contributed by atoms with Crippen molar-refractivity contribution in [2.75, 3.05) is 19.7 Å². The molecule has 2 heterocycles. The summed E-state index contributed by atoms with van der Waals surface area (Å²) in [7, 11) is 1.86. The van der Waals surface area contributed by atoms with Crippen LogP contribution in [0.25, 0.3) is 0 Å². The lowest BCUT2D eigenvalue weighted by Gasteiger charge is -2.27. The summed E-state index contributed by atoms with van der Waals surface area (Å²) >= 11 is 0. The van der Waals surface area contributed by atoms with Gasteiger partial charge in [-0.2, -0.15) is 5.10 Å². The summed E-state index contributed by atoms with van der Waals surface area (Å²) < 4.78 is 6.75. The molecular formula is C10H15N3O2. The molecular weight excluding hydrogens is 194 g/mol. The molecule has 1 aliphatic rings. The maximum Gasteiger partial charge on any atom is 0.341 e. The molecule has 82 valence electrons. The topological polar surface area (TPSA) is 56.1 Å². The SMILES string of the molecule is CCOC(=O)c1cnn(C)c1C1CNC1. The van der Waals surface area contributed by atoms with Crippen LogP contribution in [0.1, 0.15) is 28.9 Å². The van der Waals surface area contributed by atoms with Gasteiger partial charge in [-0.25, -0.2) is 4.79 Å². The third-order valence-electron chi connectivity index (χ3n) is 2.65. The third kappa shape index (κ3) is 1.74. The molecule has 0 aromatic carbocycles. The number of rotatable bonds is 3. The lowest BCUT2D eigenvalue weighted by Crippen LogP contribution is -2.41. The van der Waals surface area contributed by atoms with Gasteiger partial charge in [-0.05, 0) is 6.92 Å². The Morgan fingerprint density at radius 3 is 3.00 bits per heavy atom. The molecule has 1 aliphatic heterocycles. The van der Waals surface area contributed by atoms with E-state index < -0.39 is 0 Å². The molecule has 1 fully saturated rings. The van der Waals surface area contributed by atoms with Gasteiger partial charge in [0.15, 0.2) is 0 Å². The van der Waals surface area contributed by atoms with Crippen LogP contribution in [0.2, 0.25) is 0 Å². The van der Waals surface area contributed by atoms with Gasteiger partial charge in [0.25, 0.3) is 0 Å². The number of carbonyl (C=O) groups is 1. The number of aryl methyl sites for hydroxylation is 1. The molecule has 0 radical (unpaired) electrons. The van der Waals surface area contributed by atoms with Crippen LogP contribution in [0.15, 0.2) is 6.20 Å². The smallest absolute Gasteiger partial charge is 0.341 e. The zero-order valence-electron chi connectivity index (χ0n) is 8.99. The number of hydrogen-bond acceptors (Lipinski definition) is 4. The van der Waals surface area contributed by atoms with Crippen LogP contribution < -0.4 is 5.32 Å². The van der Waals surface area contributed by atoms with Crippen LogP contribution in [0.5, 0.6) is 0 Å². The second-order valence-electron chi connectivity index (χ2n) is 3.64. The van der Waals surface area contributed by atoms with Gasteiger partial charge in [-0.3, -0.25) is 4.68 Å². The molecule has 0 saturated carbocycles. The van der Waals surface area contributed by atoms with E-state index in [1.165, 1.54) is 0 Å².